The fraction of sp³-hybridized carbons (Fsp3) is 0.353. The zero-order valence-electron chi connectivity index (χ0n) is 13.7. The Hall–Kier alpha value is -2.57. The van der Waals surface area contributed by atoms with E-state index in [9.17, 15) is 14.4 Å². The van der Waals surface area contributed by atoms with Crippen LogP contribution in [-0.2, 0) is 9.59 Å². The predicted octanol–water partition coefficient (Wildman–Crippen LogP) is 1.38. The zero-order chi connectivity index (χ0) is 17.5. The van der Waals surface area contributed by atoms with Crippen molar-refractivity contribution in [2.75, 3.05) is 13.1 Å². The minimum absolute atomic E-state index is 0.260. The molecule has 1 aromatic carbocycles. The van der Waals surface area contributed by atoms with Gasteiger partial charge in [-0.2, -0.15) is 0 Å². The smallest absolute Gasteiger partial charge is 0.270 e. The van der Waals surface area contributed by atoms with Gasteiger partial charge in [0.2, 0.25) is 13.8 Å². The Kier molecular flexibility index (Phi) is 6.17. The van der Waals surface area contributed by atoms with Crippen molar-refractivity contribution in [2.24, 2.45) is 0 Å². The largest absolute Gasteiger partial charge is 0.352 e. The Morgan fingerprint density at radius 1 is 1.08 bits per heavy atom. The third-order valence-electron chi connectivity index (χ3n) is 3.96. The molecule has 2 rings (SSSR count). The van der Waals surface area contributed by atoms with Gasteiger partial charge in [0.05, 0.1) is 0 Å². The summed E-state index contributed by atoms with van der Waals surface area (Å²) in [5.74, 6) is -1.06. The zero-order valence-corrected chi connectivity index (χ0v) is 13.7. The molecule has 7 heteroatoms. The van der Waals surface area contributed by atoms with E-state index in [4.69, 9.17) is 7.85 Å². The second-order valence-electron chi connectivity index (χ2n) is 5.53. The lowest BCUT2D eigenvalue weighted by Gasteiger charge is -2.29. The van der Waals surface area contributed by atoms with Crippen molar-refractivity contribution in [2.45, 2.75) is 26.2 Å². The molecule has 0 saturated carbocycles. The number of benzene rings is 1. The summed E-state index contributed by atoms with van der Waals surface area (Å²) in [7, 11) is 5.30. The van der Waals surface area contributed by atoms with Gasteiger partial charge >= 0.3 is 0 Å². The first-order valence-corrected chi connectivity index (χ1v) is 7.94. The van der Waals surface area contributed by atoms with Gasteiger partial charge < -0.3 is 4.90 Å². The molecule has 1 aliphatic rings. The normalized spacial score (nSPS) is 14.0. The summed E-state index contributed by atoms with van der Waals surface area (Å²) < 4.78 is 0. The van der Waals surface area contributed by atoms with Crippen molar-refractivity contribution in [1.82, 2.24) is 15.8 Å². The molecule has 1 fully saturated rings. The van der Waals surface area contributed by atoms with E-state index in [2.05, 4.69) is 10.9 Å². The number of amides is 3. The molecule has 2 radical (unpaired) electrons. The number of hydrogen-bond acceptors (Lipinski definition) is 3. The number of hydrogen-bond donors (Lipinski definition) is 2. The molecule has 24 heavy (non-hydrogen) atoms. The summed E-state index contributed by atoms with van der Waals surface area (Å²) in [4.78, 5) is 36.8. The van der Waals surface area contributed by atoms with Crippen LogP contribution in [0.15, 0.2) is 35.9 Å². The Bertz CT molecular complexity index is 648. The Morgan fingerprint density at radius 3 is 2.25 bits per heavy atom. The number of nitrogens with zero attached hydrogens (tertiary/aromatic N) is 1. The van der Waals surface area contributed by atoms with E-state index in [0.717, 1.165) is 11.1 Å². The van der Waals surface area contributed by atoms with Crippen molar-refractivity contribution in [3.63, 3.8) is 0 Å². The average molecular weight is 325 g/mol. The first-order valence-electron chi connectivity index (χ1n) is 7.94. The first kappa shape index (κ1) is 17.8. The Labute approximate surface area is 142 Å². The lowest BCUT2D eigenvalue weighted by Crippen LogP contribution is -2.42. The summed E-state index contributed by atoms with van der Waals surface area (Å²) >= 11 is 0. The molecule has 124 valence electrons. The summed E-state index contributed by atoms with van der Waals surface area (Å²) in [5.41, 5.74) is 7.12. The number of nitrogens with one attached hydrogen (secondary N) is 2. The number of hydrazine groups is 1. The molecule has 0 bridgehead atoms. The summed E-state index contributed by atoms with van der Waals surface area (Å²) in [6, 6.07) is 9.28. The fourth-order valence-corrected chi connectivity index (χ4v) is 2.62. The maximum atomic E-state index is 12.6. The standard InChI is InChI=1S/C17H20BN3O3/c1-2-14(22)19-20-16(23)15(12-6-4-3-5-7-12)13-8-10-21(11-9-13)17(18)24/h3-7H,2,8-11H2,1H3,(H,19,22)(H,20,23). The van der Waals surface area contributed by atoms with Gasteiger partial charge in [0.15, 0.2) is 5.81 Å². The highest BCUT2D eigenvalue weighted by Crippen LogP contribution is 2.27. The Morgan fingerprint density at radius 2 is 1.71 bits per heavy atom. The maximum absolute atomic E-state index is 12.6. The molecule has 1 aromatic rings. The van der Waals surface area contributed by atoms with Crippen LogP contribution in [0.3, 0.4) is 0 Å². The monoisotopic (exact) mass is 325 g/mol. The van der Waals surface area contributed by atoms with Crippen LogP contribution >= 0.6 is 0 Å². The molecule has 1 aliphatic heterocycles. The van der Waals surface area contributed by atoms with Crippen LogP contribution in [0.4, 0.5) is 4.79 Å². The SMILES string of the molecule is [B]C(=O)N1CCC(=C(C(=O)NNC(=O)CC)c2ccccc2)CC1. The molecule has 1 saturated heterocycles. The topological polar surface area (TPSA) is 78.5 Å². The van der Waals surface area contributed by atoms with E-state index in [0.29, 0.717) is 31.5 Å². The molecule has 1 heterocycles. The first-order chi connectivity index (χ1) is 11.5. The van der Waals surface area contributed by atoms with Gasteiger partial charge in [0, 0.05) is 25.1 Å². The molecule has 0 aliphatic carbocycles. The molecule has 0 unspecified atom stereocenters. The Balaban J connectivity index is 2.24. The highest BCUT2D eigenvalue weighted by Gasteiger charge is 2.23. The summed E-state index contributed by atoms with van der Waals surface area (Å²) in [6.07, 6.45) is 1.43. The maximum Gasteiger partial charge on any atom is 0.270 e. The van der Waals surface area contributed by atoms with Crippen LogP contribution in [0, 0.1) is 0 Å². The molecule has 6 nitrogen and oxygen atoms in total. The number of piperidine rings is 1. The van der Waals surface area contributed by atoms with E-state index in [1.807, 2.05) is 30.3 Å². The van der Waals surface area contributed by atoms with Gasteiger partial charge in [-0.15, -0.1) is 0 Å². The predicted molar refractivity (Wildman–Crippen MR) is 91.9 cm³/mol. The van der Waals surface area contributed by atoms with E-state index in [1.165, 1.54) is 0 Å². The molecular formula is C17H20BN3O3. The molecule has 3 amide bonds. The van der Waals surface area contributed by atoms with E-state index >= 15 is 0 Å². The fourth-order valence-electron chi connectivity index (χ4n) is 2.62. The van der Waals surface area contributed by atoms with Crippen LogP contribution in [0.25, 0.3) is 5.57 Å². The number of carbonyl (C=O) groups is 3. The summed E-state index contributed by atoms with van der Waals surface area (Å²) in [6.45, 7) is 2.67. The lowest BCUT2D eigenvalue weighted by atomic mass is 9.91. The van der Waals surface area contributed by atoms with Crippen LogP contribution in [0.5, 0.6) is 0 Å². The minimum atomic E-state index is -0.449. The van der Waals surface area contributed by atoms with E-state index < -0.39 is 5.81 Å². The second-order valence-corrected chi connectivity index (χ2v) is 5.53. The van der Waals surface area contributed by atoms with Crippen LogP contribution < -0.4 is 10.9 Å². The average Bonchev–Trinajstić information content (AvgIpc) is 2.61. The van der Waals surface area contributed by atoms with Crippen molar-refractivity contribution < 1.29 is 14.4 Å². The van der Waals surface area contributed by atoms with Gasteiger partial charge in [-0.1, -0.05) is 42.8 Å². The number of likely N-dealkylation sites (tertiary alicyclic amines) is 1. The minimum Gasteiger partial charge on any atom is -0.352 e. The highest BCUT2D eigenvalue weighted by molar-refractivity contribution is 6.56. The molecular weight excluding hydrogens is 305 g/mol. The van der Waals surface area contributed by atoms with Gasteiger partial charge in [0.1, 0.15) is 0 Å². The van der Waals surface area contributed by atoms with Crippen LogP contribution in [0.1, 0.15) is 31.7 Å². The van der Waals surface area contributed by atoms with E-state index in [1.54, 1.807) is 11.8 Å². The third kappa shape index (κ3) is 4.47. The third-order valence-corrected chi connectivity index (χ3v) is 3.96. The van der Waals surface area contributed by atoms with Gasteiger partial charge in [0.25, 0.3) is 5.91 Å². The number of rotatable bonds is 3. The van der Waals surface area contributed by atoms with E-state index in [-0.39, 0.29) is 18.2 Å². The van der Waals surface area contributed by atoms with Crippen molar-refractivity contribution >= 4 is 31.0 Å². The lowest BCUT2D eigenvalue weighted by molar-refractivity contribution is -0.126. The molecule has 0 aromatic heterocycles. The van der Waals surface area contributed by atoms with Crippen molar-refractivity contribution in [3.05, 3.63) is 41.5 Å². The van der Waals surface area contributed by atoms with Crippen molar-refractivity contribution in [1.29, 1.82) is 0 Å². The second kappa shape index (κ2) is 8.33. The molecule has 0 atom stereocenters. The quantitative estimate of drug-likeness (QED) is 0.501. The van der Waals surface area contributed by atoms with Crippen LogP contribution in [-0.4, -0.2) is 43.5 Å². The van der Waals surface area contributed by atoms with Gasteiger partial charge in [-0.05, 0) is 18.4 Å². The van der Waals surface area contributed by atoms with Crippen LogP contribution in [0.2, 0.25) is 0 Å². The van der Waals surface area contributed by atoms with Gasteiger partial charge in [-0.25, -0.2) is 0 Å². The van der Waals surface area contributed by atoms with Gasteiger partial charge in [-0.3, -0.25) is 25.2 Å². The number of carbonyl (C=O) groups excluding carboxylic acids is 3. The van der Waals surface area contributed by atoms with Crippen molar-refractivity contribution in [3.8, 4) is 0 Å². The molecule has 2 N–H and O–H groups in total. The highest BCUT2D eigenvalue weighted by atomic mass is 16.2. The molecule has 0 spiro atoms. The summed E-state index contributed by atoms with van der Waals surface area (Å²) in [5, 5.41) is 0.